The summed E-state index contributed by atoms with van der Waals surface area (Å²) in [5, 5.41) is 7.55. The van der Waals surface area contributed by atoms with Gasteiger partial charge >= 0.3 is 0 Å². The van der Waals surface area contributed by atoms with Gasteiger partial charge in [0.2, 0.25) is 0 Å². The van der Waals surface area contributed by atoms with Gasteiger partial charge < -0.3 is 5.32 Å². The lowest BCUT2D eigenvalue weighted by molar-refractivity contribution is 0.584. The van der Waals surface area contributed by atoms with Crippen molar-refractivity contribution in [3.05, 3.63) is 53.1 Å². The SMILES string of the molecule is CNC(Cc1ccc(F)cc1)c1cnn(C)c1C. The molecule has 0 bridgehead atoms. The van der Waals surface area contributed by atoms with Crippen LogP contribution in [0.4, 0.5) is 4.39 Å². The van der Waals surface area contributed by atoms with E-state index in [-0.39, 0.29) is 11.9 Å². The van der Waals surface area contributed by atoms with Crippen LogP contribution in [0, 0.1) is 12.7 Å². The van der Waals surface area contributed by atoms with Gasteiger partial charge in [0.1, 0.15) is 5.82 Å². The molecule has 0 aliphatic rings. The highest BCUT2D eigenvalue weighted by atomic mass is 19.1. The van der Waals surface area contributed by atoms with E-state index in [2.05, 4.69) is 17.3 Å². The average molecular weight is 247 g/mol. The first-order valence-electron chi connectivity index (χ1n) is 6.02. The van der Waals surface area contributed by atoms with Gasteiger partial charge in [-0.25, -0.2) is 4.39 Å². The van der Waals surface area contributed by atoms with E-state index in [0.29, 0.717) is 0 Å². The third-order valence-corrected chi connectivity index (χ3v) is 3.35. The molecule has 96 valence electrons. The number of likely N-dealkylation sites (N-methyl/N-ethyl adjacent to an activating group) is 1. The van der Waals surface area contributed by atoms with Gasteiger partial charge in [-0.2, -0.15) is 5.10 Å². The van der Waals surface area contributed by atoms with E-state index < -0.39 is 0 Å². The average Bonchev–Trinajstić information content (AvgIpc) is 2.70. The van der Waals surface area contributed by atoms with Crippen molar-refractivity contribution < 1.29 is 4.39 Å². The molecule has 1 aromatic carbocycles. The lowest BCUT2D eigenvalue weighted by Gasteiger charge is -2.16. The van der Waals surface area contributed by atoms with Gasteiger partial charge in [0.15, 0.2) is 0 Å². The summed E-state index contributed by atoms with van der Waals surface area (Å²) in [5.41, 5.74) is 3.44. The minimum Gasteiger partial charge on any atom is -0.313 e. The van der Waals surface area contributed by atoms with E-state index in [1.807, 2.05) is 37.1 Å². The first kappa shape index (κ1) is 12.8. The summed E-state index contributed by atoms with van der Waals surface area (Å²) >= 11 is 0. The molecule has 4 heteroatoms. The van der Waals surface area contributed by atoms with Gasteiger partial charge in [0.05, 0.1) is 6.20 Å². The molecule has 1 heterocycles. The molecule has 0 aliphatic carbocycles. The first-order chi connectivity index (χ1) is 8.61. The predicted octanol–water partition coefficient (Wildman–Crippen LogP) is 2.37. The molecule has 2 aromatic rings. The zero-order valence-corrected chi connectivity index (χ0v) is 10.9. The monoisotopic (exact) mass is 247 g/mol. The molecule has 0 saturated carbocycles. The second-order valence-electron chi connectivity index (χ2n) is 4.48. The van der Waals surface area contributed by atoms with Crippen LogP contribution in [0.1, 0.15) is 22.9 Å². The number of rotatable bonds is 4. The Morgan fingerprint density at radius 3 is 2.50 bits per heavy atom. The third kappa shape index (κ3) is 2.59. The minimum absolute atomic E-state index is 0.197. The molecular formula is C14H18FN3. The molecule has 0 spiro atoms. The molecule has 1 atom stereocenters. The standard InChI is InChI=1S/C14H18FN3/c1-10-13(9-17-18(10)3)14(16-2)8-11-4-6-12(15)7-5-11/h4-7,9,14,16H,8H2,1-3H3. The molecule has 0 saturated heterocycles. The predicted molar refractivity (Wildman–Crippen MR) is 69.8 cm³/mol. The van der Waals surface area contributed by atoms with Crippen molar-refractivity contribution in [3.8, 4) is 0 Å². The maximum absolute atomic E-state index is 12.9. The van der Waals surface area contributed by atoms with E-state index in [0.717, 1.165) is 17.7 Å². The number of hydrogen-bond donors (Lipinski definition) is 1. The van der Waals surface area contributed by atoms with Crippen LogP contribution in [0.2, 0.25) is 0 Å². The van der Waals surface area contributed by atoms with Gasteiger partial charge in [-0.15, -0.1) is 0 Å². The number of aromatic nitrogens is 2. The molecule has 1 N–H and O–H groups in total. The van der Waals surface area contributed by atoms with Crippen molar-refractivity contribution in [2.75, 3.05) is 7.05 Å². The molecule has 0 amide bonds. The minimum atomic E-state index is -0.197. The number of aryl methyl sites for hydroxylation is 1. The Morgan fingerprint density at radius 2 is 2.00 bits per heavy atom. The lowest BCUT2D eigenvalue weighted by atomic mass is 10.00. The fourth-order valence-electron chi connectivity index (χ4n) is 2.08. The van der Waals surface area contributed by atoms with Gasteiger partial charge in [-0.05, 0) is 38.1 Å². The maximum Gasteiger partial charge on any atom is 0.123 e. The quantitative estimate of drug-likeness (QED) is 0.899. The number of halogens is 1. The summed E-state index contributed by atoms with van der Waals surface area (Å²) in [6.45, 7) is 2.05. The number of benzene rings is 1. The normalized spacial score (nSPS) is 12.7. The molecule has 3 nitrogen and oxygen atoms in total. The van der Waals surface area contributed by atoms with Crippen molar-refractivity contribution in [1.82, 2.24) is 15.1 Å². The lowest BCUT2D eigenvalue weighted by Crippen LogP contribution is -2.19. The smallest absolute Gasteiger partial charge is 0.123 e. The summed E-state index contributed by atoms with van der Waals surface area (Å²) in [7, 11) is 3.87. The number of nitrogens with one attached hydrogen (secondary N) is 1. The van der Waals surface area contributed by atoms with Gasteiger partial charge in [0.25, 0.3) is 0 Å². The Balaban J connectivity index is 2.19. The van der Waals surface area contributed by atoms with E-state index in [9.17, 15) is 4.39 Å². The van der Waals surface area contributed by atoms with Crippen LogP contribution in [0.25, 0.3) is 0 Å². The summed E-state index contributed by atoms with van der Waals surface area (Å²) in [6.07, 6.45) is 2.71. The van der Waals surface area contributed by atoms with Crippen LogP contribution < -0.4 is 5.32 Å². The second kappa shape index (κ2) is 5.31. The topological polar surface area (TPSA) is 29.9 Å². The summed E-state index contributed by atoms with van der Waals surface area (Å²) in [5.74, 6) is -0.197. The number of nitrogens with zero attached hydrogens (tertiary/aromatic N) is 2. The summed E-state index contributed by atoms with van der Waals surface area (Å²) in [6, 6.07) is 6.84. The molecule has 1 unspecified atom stereocenters. The highest BCUT2D eigenvalue weighted by Crippen LogP contribution is 2.21. The number of hydrogen-bond acceptors (Lipinski definition) is 2. The van der Waals surface area contributed by atoms with Crippen LogP contribution in [0.3, 0.4) is 0 Å². The van der Waals surface area contributed by atoms with Crippen molar-refractivity contribution in [2.45, 2.75) is 19.4 Å². The van der Waals surface area contributed by atoms with Crippen LogP contribution in [-0.2, 0) is 13.5 Å². The molecule has 0 fully saturated rings. The van der Waals surface area contributed by atoms with Gasteiger partial charge in [-0.1, -0.05) is 12.1 Å². The first-order valence-corrected chi connectivity index (χ1v) is 6.02. The summed E-state index contributed by atoms with van der Waals surface area (Å²) in [4.78, 5) is 0. The van der Waals surface area contributed by atoms with Gasteiger partial charge in [0, 0.05) is 24.3 Å². The fraction of sp³-hybridized carbons (Fsp3) is 0.357. The van der Waals surface area contributed by atoms with Gasteiger partial charge in [-0.3, -0.25) is 4.68 Å². The Hall–Kier alpha value is -1.68. The van der Waals surface area contributed by atoms with Crippen LogP contribution in [0.5, 0.6) is 0 Å². The van der Waals surface area contributed by atoms with Crippen LogP contribution in [0.15, 0.2) is 30.5 Å². The van der Waals surface area contributed by atoms with E-state index in [1.54, 1.807) is 0 Å². The largest absolute Gasteiger partial charge is 0.313 e. The maximum atomic E-state index is 12.9. The van der Waals surface area contributed by atoms with E-state index in [1.165, 1.54) is 17.7 Å². The van der Waals surface area contributed by atoms with E-state index >= 15 is 0 Å². The van der Waals surface area contributed by atoms with Crippen molar-refractivity contribution in [3.63, 3.8) is 0 Å². The zero-order valence-electron chi connectivity index (χ0n) is 10.9. The summed E-state index contributed by atoms with van der Waals surface area (Å²) < 4.78 is 14.7. The molecule has 2 rings (SSSR count). The Morgan fingerprint density at radius 1 is 1.33 bits per heavy atom. The van der Waals surface area contributed by atoms with Crippen LogP contribution in [-0.4, -0.2) is 16.8 Å². The van der Waals surface area contributed by atoms with E-state index in [4.69, 9.17) is 0 Å². The molecule has 0 radical (unpaired) electrons. The molecular weight excluding hydrogens is 229 g/mol. The highest BCUT2D eigenvalue weighted by Gasteiger charge is 2.15. The second-order valence-corrected chi connectivity index (χ2v) is 4.48. The van der Waals surface area contributed by atoms with Crippen molar-refractivity contribution in [1.29, 1.82) is 0 Å². The fourth-order valence-corrected chi connectivity index (χ4v) is 2.08. The van der Waals surface area contributed by atoms with Crippen LogP contribution >= 0.6 is 0 Å². The van der Waals surface area contributed by atoms with Crippen molar-refractivity contribution >= 4 is 0 Å². The molecule has 0 aliphatic heterocycles. The zero-order chi connectivity index (χ0) is 13.1. The Labute approximate surface area is 107 Å². The molecule has 1 aromatic heterocycles. The highest BCUT2D eigenvalue weighted by molar-refractivity contribution is 5.25. The van der Waals surface area contributed by atoms with Crippen molar-refractivity contribution in [2.24, 2.45) is 7.05 Å². The molecule has 18 heavy (non-hydrogen) atoms. The third-order valence-electron chi connectivity index (χ3n) is 3.35. The Bertz CT molecular complexity index is 516. The Kier molecular flexibility index (Phi) is 3.77.